The molecule has 2 aromatic carbocycles. The van der Waals surface area contributed by atoms with E-state index in [-0.39, 0.29) is 34.7 Å². The van der Waals surface area contributed by atoms with Gasteiger partial charge in [0.25, 0.3) is 0 Å². The van der Waals surface area contributed by atoms with Crippen LogP contribution in [-0.4, -0.2) is 57.2 Å². The number of rotatable bonds is 8. The highest BCUT2D eigenvalue weighted by molar-refractivity contribution is 6.74. The third kappa shape index (κ3) is 7.74. The zero-order valence-electron chi connectivity index (χ0n) is 32.9. The van der Waals surface area contributed by atoms with Gasteiger partial charge in [-0.3, -0.25) is 14.6 Å². The lowest BCUT2D eigenvalue weighted by Crippen LogP contribution is -2.43. The number of benzene rings is 2. The minimum Gasteiger partial charge on any atom is -0.543 e. The summed E-state index contributed by atoms with van der Waals surface area (Å²) in [6.45, 7) is 18.4. The van der Waals surface area contributed by atoms with Gasteiger partial charge in [0.05, 0.1) is 29.7 Å². The molecule has 2 N–H and O–H groups in total. The lowest BCUT2D eigenvalue weighted by atomic mass is 9.85. The molecule has 1 aliphatic heterocycles. The van der Waals surface area contributed by atoms with Gasteiger partial charge in [-0.25, -0.2) is 9.48 Å². The molecule has 1 aliphatic carbocycles. The summed E-state index contributed by atoms with van der Waals surface area (Å²) in [5.74, 6) is 2.93. The number of hydrogen-bond acceptors (Lipinski definition) is 7. The third-order valence-corrected chi connectivity index (χ3v) is 15.8. The molecule has 0 saturated carbocycles. The topological polar surface area (TPSA) is 111 Å². The minimum atomic E-state index is -2.14. The number of halogens is 1. The number of fused-ring (bicyclic) bond motifs is 2. The number of anilines is 1. The van der Waals surface area contributed by atoms with Crippen LogP contribution in [0.4, 0.5) is 10.6 Å². The Morgan fingerprint density at radius 3 is 2.39 bits per heavy atom. The molecule has 3 aromatic heterocycles. The average molecular weight is 769 g/mol. The molecule has 3 atom stereocenters. The van der Waals surface area contributed by atoms with Crippen molar-refractivity contribution < 1.29 is 14.0 Å². The normalized spacial score (nSPS) is 19.5. The molecule has 2 aliphatic rings. The van der Waals surface area contributed by atoms with Crippen molar-refractivity contribution in [2.24, 2.45) is 0 Å². The second-order valence-electron chi connectivity index (χ2n) is 17.3. The van der Waals surface area contributed by atoms with Gasteiger partial charge in [0.15, 0.2) is 11.5 Å². The highest BCUT2D eigenvalue weighted by atomic mass is 35.5. The van der Waals surface area contributed by atoms with Crippen LogP contribution in [0.2, 0.25) is 23.2 Å². The quantitative estimate of drug-likeness (QED) is 0.151. The molecule has 0 spiro atoms. The van der Waals surface area contributed by atoms with Gasteiger partial charge in [0, 0.05) is 22.6 Å². The average Bonchev–Trinajstić information content (AvgIpc) is 3.83. The standard InChI is InChI=1S/C41H53ClN8O3Si/c1-40(2,3)35-24-37(50(47-35)27-21-26(42)22-29(23-27)53-54(8,9)41(4,5)6)44-39(51)43-32-17-18-34(31-14-11-10-13-30(31)32)52-28-16-19-36-45-46-38(49(36)25-28)33-15-12-20-48(33)7/h10-11,13-14,16,19,21-25,32-34H,12,15,17-18,20H2,1-9H3,(H2,43,44,51)/t32-,33-,34+/m0/s1. The largest absolute Gasteiger partial charge is 0.543 e. The Morgan fingerprint density at radius 2 is 1.69 bits per heavy atom. The number of carbonyl (C=O) groups excluding carboxylic acids is 1. The summed E-state index contributed by atoms with van der Waals surface area (Å²) in [5.41, 5.74) is 4.18. The van der Waals surface area contributed by atoms with E-state index in [4.69, 9.17) is 25.9 Å². The maximum Gasteiger partial charge on any atom is 0.320 e. The van der Waals surface area contributed by atoms with Crippen LogP contribution in [0.15, 0.2) is 66.9 Å². The van der Waals surface area contributed by atoms with Crippen LogP contribution in [0, 0.1) is 0 Å². The Hall–Kier alpha value is -4.39. The zero-order valence-corrected chi connectivity index (χ0v) is 34.7. The van der Waals surface area contributed by atoms with E-state index in [0.717, 1.165) is 59.8 Å². The Morgan fingerprint density at radius 1 is 0.926 bits per heavy atom. The predicted octanol–water partition coefficient (Wildman–Crippen LogP) is 9.79. The first-order valence-corrected chi connectivity index (χ1v) is 22.2. The van der Waals surface area contributed by atoms with Crippen molar-refractivity contribution in [3.8, 4) is 17.2 Å². The van der Waals surface area contributed by atoms with Crippen molar-refractivity contribution in [1.29, 1.82) is 0 Å². The Balaban J connectivity index is 1.10. The van der Waals surface area contributed by atoms with Crippen LogP contribution in [0.1, 0.15) is 108 Å². The highest BCUT2D eigenvalue weighted by Gasteiger charge is 2.39. The first-order chi connectivity index (χ1) is 25.5. The van der Waals surface area contributed by atoms with E-state index < -0.39 is 8.32 Å². The van der Waals surface area contributed by atoms with E-state index in [9.17, 15) is 4.79 Å². The summed E-state index contributed by atoms with van der Waals surface area (Å²) in [5, 5.41) is 20.8. The third-order valence-electron chi connectivity index (χ3n) is 11.2. The van der Waals surface area contributed by atoms with E-state index in [0.29, 0.717) is 28.7 Å². The molecule has 0 radical (unpaired) electrons. The number of carbonyl (C=O) groups is 1. The van der Waals surface area contributed by atoms with Gasteiger partial charge in [-0.2, -0.15) is 5.10 Å². The lowest BCUT2D eigenvalue weighted by Gasteiger charge is -2.36. The maximum absolute atomic E-state index is 13.8. The molecule has 1 fully saturated rings. The van der Waals surface area contributed by atoms with E-state index >= 15 is 0 Å². The zero-order chi connectivity index (χ0) is 38.6. The van der Waals surface area contributed by atoms with Crippen LogP contribution in [0.25, 0.3) is 11.3 Å². The lowest BCUT2D eigenvalue weighted by molar-refractivity contribution is 0.171. The fourth-order valence-corrected chi connectivity index (χ4v) is 8.36. The fraction of sp³-hybridized carbons (Fsp3) is 0.463. The molecule has 13 heteroatoms. The van der Waals surface area contributed by atoms with Gasteiger partial charge < -0.3 is 14.5 Å². The monoisotopic (exact) mass is 768 g/mol. The number of nitrogens with zero attached hydrogens (tertiary/aromatic N) is 6. The SMILES string of the molecule is CN1CCC[C@H]1c1nnc2ccc(O[C@@H]3CC[C@H](NC(=O)Nc4cc(C(C)(C)C)nn4-c4cc(Cl)cc(O[Si](C)(C)C(C)(C)C)c4)c4ccccc43)cn12. The van der Waals surface area contributed by atoms with Crippen LogP contribution in [0.5, 0.6) is 11.5 Å². The molecular weight excluding hydrogens is 716 g/mol. The van der Waals surface area contributed by atoms with Gasteiger partial charge in [0.2, 0.25) is 8.32 Å². The van der Waals surface area contributed by atoms with Crippen LogP contribution in [0.3, 0.4) is 0 Å². The first-order valence-electron chi connectivity index (χ1n) is 19.0. The van der Waals surface area contributed by atoms with Crippen LogP contribution < -0.4 is 19.8 Å². The summed E-state index contributed by atoms with van der Waals surface area (Å²) in [6, 6.07) is 19.4. The molecule has 54 heavy (non-hydrogen) atoms. The highest BCUT2D eigenvalue weighted by Crippen LogP contribution is 2.41. The molecule has 5 aromatic rings. The Bertz CT molecular complexity index is 2170. The molecule has 286 valence electrons. The number of nitrogens with one attached hydrogen (secondary N) is 2. The fourth-order valence-electron chi connectivity index (χ4n) is 7.13. The minimum absolute atomic E-state index is 0.0119. The molecule has 1 saturated heterocycles. The first kappa shape index (κ1) is 37.9. The van der Waals surface area contributed by atoms with Gasteiger partial charge in [-0.05, 0) is 92.8 Å². The van der Waals surface area contributed by atoms with Crippen LogP contribution in [-0.2, 0) is 5.41 Å². The number of pyridine rings is 1. The van der Waals surface area contributed by atoms with Crippen molar-refractivity contribution in [3.05, 3.63) is 94.5 Å². The second kappa shape index (κ2) is 14.4. The maximum atomic E-state index is 13.8. The molecule has 11 nitrogen and oxygen atoms in total. The van der Waals surface area contributed by atoms with E-state index in [1.165, 1.54) is 0 Å². The molecule has 2 amide bonds. The van der Waals surface area contributed by atoms with E-state index in [2.05, 4.69) is 104 Å². The van der Waals surface area contributed by atoms with E-state index in [1.54, 1.807) is 4.68 Å². The van der Waals surface area contributed by atoms with Crippen molar-refractivity contribution >= 4 is 37.4 Å². The molecule has 4 heterocycles. The van der Waals surface area contributed by atoms with E-state index in [1.807, 2.05) is 54.7 Å². The summed E-state index contributed by atoms with van der Waals surface area (Å²) in [7, 11) is -0.000874. The number of hydrogen-bond donors (Lipinski definition) is 2. The number of urea groups is 1. The predicted molar refractivity (Wildman–Crippen MR) is 217 cm³/mol. The van der Waals surface area contributed by atoms with Crippen LogP contribution >= 0.6 is 11.6 Å². The summed E-state index contributed by atoms with van der Waals surface area (Å²) < 4.78 is 17.1. The number of amides is 2. The molecule has 0 bridgehead atoms. The molecule has 7 rings (SSSR count). The Kier molecular flexibility index (Phi) is 10.1. The summed E-state index contributed by atoms with van der Waals surface area (Å²) in [6.07, 6.45) is 5.48. The van der Waals surface area contributed by atoms with Gasteiger partial charge in [-0.1, -0.05) is 77.4 Å². The Labute approximate surface area is 324 Å². The second-order valence-corrected chi connectivity index (χ2v) is 22.5. The molecular formula is C41H53ClN8O3Si. The summed E-state index contributed by atoms with van der Waals surface area (Å²) in [4.78, 5) is 16.2. The van der Waals surface area contributed by atoms with Crippen molar-refractivity contribution in [2.45, 2.75) is 109 Å². The van der Waals surface area contributed by atoms with Crippen molar-refractivity contribution in [1.82, 2.24) is 34.6 Å². The number of aromatic nitrogens is 5. The summed E-state index contributed by atoms with van der Waals surface area (Å²) >= 11 is 6.67. The van der Waals surface area contributed by atoms with Gasteiger partial charge in [-0.15, -0.1) is 10.2 Å². The van der Waals surface area contributed by atoms with Gasteiger partial charge in [0.1, 0.15) is 23.4 Å². The van der Waals surface area contributed by atoms with Crippen molar-refractivity contribution in [2.75, 3.05) is 18.9 Å². The van der Waals surface area contributed by atoms with Gasteiger partial charge >= 0.3 is 6.03 Å². The number of likely N-dealkylation sites (tertiary alicyclic amines) is 1. The number of ether oxygens (including phenoxy) is 1. The van der Waals surface area contributed by atoms with Crippen molar-refractivity contribution in [3.63, 3.8) is 0 Å². The molecule has 0 unspecified atom stereocenters. The smallest absolute Gasteiger partial charge is 0.320 e.